The molecule has 0 aliphatic rings. The number of carbonyl (C=O) groups is 2. The minimum atomic E-state index is -1.17. The van der Waals surface area contributed by atoms with Gasteiger partial charge in [0.2, 0.25) is 0 Å². The summed E-state index contributed by atoms with van der Waals surface area (Å²) in [5.74, 6) is -3.21. The van der Waals surface area contributed by atoms with Crippen molar-refractivity contribution in [3.05, 3.63) is 47.6 Å². The molecular weight excluding hydrogens is 216 g/mol. The van der Waals surface area contributed by atoms with E-state index in [0.29, 0.717) is 6.26 Å². The maximum absolute atomic E-state index is 11.2. The van der Waals surface area contributed by atoms with Gasteiger partial charge in [-0.3, -0.25) is 0 Å². The summed E-state index contributed by atoms with van der Waals surface area (Å²) in [5, 5.41) is 25.3. The van der Waals surface area contributed by atoms with Crippen LogP contribution in [0, 0.1) is 0 Å². The van der Waals surface area contributed by atoms with Crippen molar-refractivity contribution in [2.75, 3.05) is 0 Å². The van der Waals surface area contributed by atoms with Gasteiger partial charge in [-0.1, -0.05) is 6.07 Å². The molecule has 0 radical (unpaired) electrons. The van der Waals surface area contributed by atoms with E-state index in [9.17, 15) is 9.59 Å². The van der Waals surface area contributed by atoms with Crippen LogP contribution in [0.15, 0.2) is 36.5 Å². The van der Waals surface area contributed by atoms with E-state index in [1.54, 1.807) is 0 Å². The fraction of sp³-hybridized carbons (Fsp3) is 0. The summed E-state index contributed by atoms with van der Waals surface area (Å²) in [5.41, 5.74) is -0.0657. The first-order valence-electron chi connectivity index (χ1n) is 4.13. The van der Waals surface area contributed by atoms with Crippen LogP contribution >= 0.6 is 0 Å². The van der Waals surface area contributed by atoms with Gasteiger partial charge in [0.05, 0.1) is 11.1 Å². The van der Waals surface area contributed by atoms with Gasteiger partial charge in [-0.25, -0.2) is 9.59 Å². The van der Waals surface area contributed by atoms with Crippen molar-refractivity contribution in [1.29, 1.82) is 0 Å². The molecule has 6 nitrogen and oxygen atoms in total. The fourth-order valence-electron chi connectivity index (χ4n) is 0.953. The van der Waals surface area contributed by atoms with Gasteiger partial charge in [-0.15, -0.1) is 0 Å². The van der Waals surface area contributed by atoms with Crippen LogP contribution < -0.4 is 0 Å². The number of benzene rings is 1. The number of hydrogen-bond acceptors (Lipinski definition) is 5. The van der Waals surface area contributed by atoms with Crippen molar-refractivity contribution in [3.8, 4) is 0 Å². The van der Waals surface area contributed by atoms with Gasteiger partial charge in [0.15, 0.2) is 6.26 Å². The number of aliphatic hydroxyl groups is 2. The average molecular weight is 224 g/mol. The highest BCUT2D eigenvalue weighted by molar-refractivity contribution is 5.94. The smallest absolute Gasteiger partial charge is 0.343 e. The van der Waals surface area contributed by atoms with Gasteiger partial charge in [0, 0.05) is 0 Å². The third kappa shape index (κ3) is 3.02. The Hall–Kier alpha value is -2.50. The van der Waals surface area contributed by atoms with Crippen LogP contribution in [0.4, 0.5) is 0 Å². The molecule has 1 rings (SSSR count). The lowest BCUT2D eigenvalue weighted by Gasteiger charge is -2.00. The van der Waals surface area contributed by atoms with Crippen molar-refractivity contribution in [2.24, 2.45) is 0 Å². The van der Waals surface area contributed by atoms with E-state index < -0.39 is 17.9 Å². The van der Waals surface area contributed by atoms with Gasteiger partial charge in [-0.2, -0.15) is 0 Å². The average Bonchev–Trinajstić information content (AvgIpc) is 2.26. The highest BCUT2D eigenvalue weighted by atomic mass is 16.5. The molecule has 3 N–H and O–H groups in total. The molecule has 0 unspecified atom stereocenters. The number of ether oxygens (including phenoxy) is 1. The number of carboxylic acids is 1. The SMILES string of the molecule is O=C(O)c1cccc(C(=O)OC=C(O)O)c1. The first kappa shape index (κ1) is 11.6. The van der Waals surface area contributed by atoms with E-state index in [-0.39, 0.29) is 11.1 Å². The lowest BCUT2D eigenvalue weighted by molar-refractivity contribution is 0.0618. The molecule has 0 spiro atoms. The van der Waals surface area contributed by atoms with Crippen molar-refractivity contribution in [3.63, 3.8) is 0 Å². The third-order valence-electron chi connectivity index (χ3n) is 1.62. The second-order valence-electron chi connectivity index (χ2n) is 2.77. The number of esters is 1. The molecule has 0 aromatic heterocycles. The molecule has 0 heterocycles. The normalized spacial score (nSPS) is 9.25. The first-order chi connectivity index (χ1) is 7.50. The van der Waals surface area contributed by atoms with Crippen LogP contribution in [0.3, 0.4) is 0 Å². The Morgan fingerprint density at radius 2 is 1.75 bits per heavy atom. The number of aromatic carboxylic acids is 1. The Balaban J connectivity index is 2.88. The monoisotopic (exact) mass is 224 g/mol. The molecule has 1 aromatic rings. The highest BCUT2D eigenvalue weighted by Gasteiger charge is 2.10. The van der Waals surface area contributed by atoms with Gasteiger partial charge in [0.1, 0.15) is 0 Å². The predicted molar refractivity (Wildman–Crippen MR) is 52.2 cm³/mol. The molecule has 0 aliphatic carbocycles. The van der Waals surface area contributed by atoms with Crippen LogP contribution in [0.5, 0.6) is 0 Å². The Morgan fingerprint density at radius 3 is 2.31 bits per heavy atom. The van der Waals surface area contributed by atoms with E-state index >= 15 is 0 Å². The molecule has 0 saturated heterocycles. The molecule has 0 fully saturated rings. The summed E-state index contributed by atoms with van der Waals surface area (Å²) in [6, 6.07) is 5.16. The number of carbonyl (C=O) groups excluding carboxylic acids is 1. The Morgan fingerprint density at radius 1 is 1.12 bits per heavy atom. The van der Waals surface area contributed by atoms with Crippen LogP contribution in [0.25, 0.3) is 0 Å². The topological polar surface area (TPSA) is 104 Å². The zero-order valence-electron chi connectivity index (χ0n) is 7.95. The quantitative estimate of drug-likeness (QED) is 0.530. The largest absolute Gasteiger partial charge is 0.479 e. The summed E-state index contributed by atoms with van der Waals surface area (Å²) in [4.78, 5) is 21.8. The molecular formula is C10H8O6. The molecule has 0 saturated carbocycles. The van der Waals surface area contributed by atoms with E-state index in [4.69, 9.17) is 15.3 Å². The van der Waals surface area contributed by atoms with E-state index in [2.05, 4.69) is 4.74 Å². The molecule has 0 amide bonds. The summed E-state index contributed by atoms with van der Waals surface area (Å²) in [7, 11) is 0. The number of rotatable bonds is 3. The molecule has 1 aromatic carbocycles. The van der Waals surface area contributed by atoms with E-state index in [1.165, 1.54) is 18.2 Å². The van der Waals surface area contributed by atoms with E-state index in [1.807, 2.05) is 0 Å². The van der Waals surface area contributed by atoms with Crippen LogP contribution in [0.2, 0.25) is 0 Å². The Bertz CT molecular complexity index is 444. The fourth-order valence-corrected chi connectivity index (χ4v) is 0.953. The Labute approximate surface area is 90.0 Å². The van der Waals surface area contributed by atoms with Crippen molar-refractivity contribution >= 4 is 11.9 Å². The summed E-state index contributed by atoms with van der Waals surface area (Å²) in [6.45, 7) is 0. The minimum Gasteiger partial charge on any atom is -0.479 e. The number of carboxylic acid groups (broad SMARTS) is 1. The standard InChI is InChI=1S/C10H8O6/c11-8(12)5-16-10(15)7-3-1-2-6(4-7)9(13)14/h1-5,11-12H,(H,13,14). The lowest BCUT2D eigenvalue weighted by atomic mass is 10.1. The van der Waals surface area contributed by atoms with Gasteiger partial charge < -0.3 is 20.1 Å². The predicted octanol–water partition coefficient (Wildman–Crippen LogP) is 1.46. The maximum atomic E-state index is 11.2. The molecule has 0 aliphatic heterocycles. The zero-order chi connectivity index (χ0) is 12.1. The zero-order valence-corrected chi connectivity index (χ0v) is 7.95. The first-order valence-corrected chi connectivity index (χ1v) is 4.13. The molecule has 16 heavy (non-hydrogen) atoms. The summed E-state index contributed by atoms with van der Waals surface area (Å²) in [6.07, 6.45) is 0.440. The number of hydrogen-bond donors (Lipinski definition) is 3. The van der Waals surface area contributed by atoms with Gasteiger partial charge in [-0.05, 0) is 18.2 Å². The van der Waals surface area contributed by atoms with Crippen molar-refractivity contribution in [2.45, 2.75) is 0 Å². The number of aliphatic hydroxyl groups excluding tert-OH is 1. The Kier molecular flexibility index (Phi) is 3.49. The minimum absolute atomic E-state index is 0.00241. The third-order valence-corrected chi connectivity index (χ3v) is 1.62. The maximum Gasteiger partial charge on any atom is 0.343 e. The van der Waals surface area contributed by atoms with Crippen molar-refractivity contribution < 1.29 is 29.6 Å². The van der Waals surface area contributed by atoms with E-state index in [0.717, 1.165) is 6.07 Å². The van der Waals surface area contributed by atoms with Gasteiger partial charge >= 0.3 is 17.9 Å². The lowest BCUT2D eigenvalue weighted by Crippen LogP contribution is -2.04. The second-order valence-corrected chi connectivity index (χ2v) is 2.77. The molecule has 0 bridgehead atoms. The van der Waals surface area contributed by atoms with Crippen molar-refractivity contribution in [1.82, 2.24) is 0 Å². The van der Waals surface area contributed by atoms with Crippen LogP contribution in [-0.4, -0.2) is 27.3 Å². The molecule has 6 heteroatoms. The molecule has 84 valence electrons. The second kappa shape index (κ2) is 4.83. The summed E-state index contributed by atoms with van der Waals surface area (Å²) >= 11 is 0. The van der Waals surface area contributed by atoms with Gasteiger partial charge in [0.25, 0.3) is 0 Å². The van der Waals surface area contributed by atoms with Crippen LogP contribution in [-0.2, 0) is 4.74 Å². The van der Waals surface area contributed by atoms with Crippen LogP contribution in [0.1, 0.15) is 20.7 Å². The summed E-state index contributed by atoms with van der Waals surface area (Å²) < 4.78 is 4.33. The molecule has 0 atom stereocenters. The highest BCUT2D eigenvalue weighted by Crippen LogP contribution is 2.07.